The molecule has 0 bridgehead atoms. The fourth-order valence-corrected chi connectivity index (χ4v) is 2.42. The molecule has 3 rings (SSSR count). The van der Waals surface area contributed by atoms with Crippen LogP contribution >= 0.6 is 0 Å². The van der Waals surface area contributed by atoms with E-state index in [4.69, 9.17) is 4.74 Å². The maximum atomic E-state index is 13.8. The van der Waals surface area contributed by atoms with Crippen molar-refractivity contribution in [3.8, 4) is 17.4 Å². The van der Waals surface area contributed by atoms with Crippen LogP contribution in [0.4, 0.5) is 4.39 Å². The normalized spacial score (nSPS) is 10.4. The number of amides is 1. The van der Waals surface area contributed by atoms with E-state index < -0.39 is 5.82 Å². The van der Waals surface area contributed by atoms with E-state index in [0.717, 1.165) is 0 Å². The first-order chi connectivity index (χ1) is 12.6. The van der Waals surface area contributed by atoms with E-state index in [1.807, 2.05) is 0 Å². The molecule has 26 heavy (non-hydrogen) atoms. The van der Waals surface area contributed by atoms with Crippen LogP contribution in [0, 0.1) is 12.7 Å². The van der Waals surface area contributed by atoms with Gasteiger partial charge in [-0.25, -0.2) is 9.37 Å². The van der Waals surface area contributed by atoms with Crippen molar-refractivity contribution in [2.45, 2.75) is 13.5 Å². The molecule has 1 amide bonds. The Labute approximate surface area is 150 Å². The summed E-state index contributed by atoms with van der Waals surface area (Å²) in [5.74, 6) is -0.502. The average Bonchev–Trinajstić information content (AvgIpc) is 2.65. The van der Waals surface area contributed by atoms with Gasteiger partial charge in [-0.3, -0.25) is 4.79 Å². The number of nitrogens with one attached hydrogen (secondary N) is 1. The van der Waals surface area contributed by atoms with Gasteiger partial charge < -0.3 is 15.2 Å². The molecular weight excluding hydrogens is 335 g/mol. The second kappa shape index (κ2) is 7.65. The van der Waals surface area contributed by atoms with Gasteiger partial charge in [0.25, 0.3) is 5.91 Å². The van der Waals surface area contributed by atoms with Gasteiger partial charge in [0.15, 0.2) is 11.6 Å². The Balaban J connectivity index is 1.76. The summed E-state index contributed by atoms with van der Waals surface area (Å²) >= 11 is 0. The number of aromatic hydroxyl groups is 1. The molecule has 1 aromatic heterocycles. The SMILES string of the molecule is Cc1c(O)cccc1C(=O)NCc1cccnc1Oc1ccccc1F. The summed E-state index contributed by atoms with van der Waals surface area (Å²) in [7, 11) is 0. The quantitative estimate of drug-likeness (QED) is 0.729. The topological polar surface area (TPSA) is 71.5 Å². The molecule has 3 aromatic rings. The maximum absolute atomic E-state index is 13.8. The van der Waals surface area contributed by atoms with Gasteiger partial charge in [0, 0.05) is 29.4 Å². The summed E-state index contributed by atoms with van der Waals surface area (Å²) in [5.41, 5.74) is 1.48. The maximum Gasteiger partial charge on any atom is 0.251 e. The Kier molecular flexibility index (Phi) is 5.12. The molecule has 0 fully saturated rings. The van der Waals surface area contributed by atoms with Crippen LogP contribution in [0.2, 0.25) is 0 Å². The van der Waals surface area contributed by atoms with Crippen LogP contribution in [-0.2, 0) is 6.54 Å². The van der Waals surface area contributed by atoms with Crippen molar-refractivity contribution < 1.29 is 19.0 Å². The minimum absolute atomic E-state index is 0.0580. The fourth-order valence-electron chi connectivity index (χ4n) is 2.42. The standard InChI is InChI=1S/C20H17FN2O3/c1-13-15(7-4-9-17(13)24)19(25)23-12-14-6-5-11-22-20(14)26-18-10-3-2-8-16(18)21/h2-11,24H,12H2,1H3,(H,23,25). The van der Waals surface area contributed by atoms with Gasteiger partial charge in [-0.15, -0.1) is 0 Å². The van der Waals surface area contributed by atoms with Gasteiger partial charge in [-0.1, -0.05) is 24.3 Å². The third-order valence-corrected chi connectivity index (χ3v) is 3.88. The van der Waals surface area contributed by atoms with E-state index >= 15 is 0 Å². The molecule has 2 aromatic carbocycles. The number of carbonyl (C=O) groups is 1. The molecule has 132 valence electrons. The van der Waals surface area contributed by atoms with Gasteiger partial charge in [-0.2, -0.15) is 0 Å². The Morgan fingerprint density at radius 1 is 1.15 bits per heavy atom. The number of ether oxygens (including phenoxy) is 1. The third-order valence-electron chi connectivity index (χ3n) is 3.88. The van der Waals surface area contributed by atoms with Crippen molar-refractivity contribution in [1.29, 1.82) is 0 Å². The summed E-state index contributed by atoms with van der Waals surface area (Å²) in [6.45, 7) is 1.81. The first-order valence-electron chi connectivity index (χ1n) is 7.99. The number of phenols is 1. The van der Waals surface area contributed by atoms with E-state index in [-0.39, 0.29) is 29.8 Å². The van der Waals surface area contributed by atoms with Crippen LogP contribution in [-0.4, -0.2) is 16.0 Å². The van der Waals surface area contributed by atoms with Crippen molar-refractivity contribution in [3.05, 3.63) is 83.3 Å². The number of phenolic OH excluding ortho intramolecular Hbond substituents is 1. The first-order valence-corrected chi connectivity index (χ1v) is 7.99. The second-order valence-corrected chi connectivity index (χ2v) is 5.63. The predicted molar refractivity (Wildman–Crippen MR) is 94.7 cm³/mol. The highest BCUT2D eigenvalue weighted by Crippen LogP contribution is 2.25. The van der Waals surface area contributed by atoms with Gasteiger partial charge >= 0.3 is 0 Å². The van der Waals surface area contributed by atoms with Crippen molar-refractivity contribution >= 4 is 5.91 Å². The van der Waals surface area contributed by atoms with Crippen molar-refractivity contribution in [2.75, 3.05) is 0 Å². The molecule has 6 heteroatoms. The number of para-hydroxylation sites is 1. The Bertz CT molecular complexity index is 944. The minimum atomic E-state index is -0.497. The van der Waals surface area contributed by atoms with Gasteiger partial charge in [-0.05, 0) is 37.3 Å². The fraction of sp³-hybridized carbons (Fsp3) is 0.100. The molecule has 0 saturated heterocycles. The molecule has 0 spiro atoms. The molecule has 0 saturated carbocycles. The van der Waals surface area contributed by atoms with E-state index in [1.54, 1.807) is 43.3 Å². The number of hydrogen-bond donors (Lipinski definition) is 2. The lowest BCUT2D eigenvalue weighted by molar-refractivity contribution is 0.0949. The van der Waals surface area contributed by atoms with Crippen LogP contribution in [0.3, 0.4) is 0 Å². The van der Waals surface area contributed by atoms with Gasteiger partial charge in [0.2, 0.25) is 5.88 Å². The first kappa shape index (κ1) is 17.4. The zero-order valence-corrected chi connectivity index (χ0v) is 14.1. The highest BCUT2D eigenvalue weighted by molar-refractivity contribution is 5.96. The number of benzene rings is 2. The third kappa shape index (κ3) is 3.80. The largest absolute Gasteiger partial charge is 0.508 e. The van der Waals surface area contributed by atoms with Crippen LogP contribution in [0.1, 0.15) is 21.5 Å². The van der Waals surface area contributed by atoms with E-state index in [9.17, 15) is 14.3 Å². The van der Waals surface area contributed by atoms with Crippen LogP contribution in [0.15, 0.2) is 60.8 Å². The molecule has 0 atom stereocenters. The molecule has 1 heterocycles. The zero-order chi connectivity index (χ0) is 18.5. The Morgan fingerprint density at radius 2 is 1.96 bits per heavy atom. The Hall–Kier alpha value is -3.41. The average molecular weight is 352 g/mol. The van der Waals surface area contributed by atoms with Crippen molar-refractivity contribution in [3.63, 3.8) is 0 Å². The van der Waals surface area contributed by atoms with Crippen molar-refractivity contribution in [1.82, 2.24) is 10.3 Å². The van der Waals surface area contributed by atoms with E-state index in [1.165, 1.54) is 24.4 Å². The molecule has 5 nitrogen and oxygen atoms in total. The highest BCUT2D eigenvalue weighted by atomic mass is 19.1. The number of pyridine rings is 1. The molecular formula is C20H17FN2O3. The minimum Gasteiger partial charge on any atom is -0.508 e. The monoisotopic (exact) mass is 352 g/mol. The highest BCUT2D eigenvalue weighted by Gasteiger charge is 2.13. The van der Waals surface area contributed by atoms with Gasteiger partial charge in [0.1, 0.15) is 5.75 Å². The lowest BCUT2D eigenvalue weighted by atomic mass is 10.1. The van der Waals surface area contributed by atoms with E-state index in [2.05, 4.69) is 10.3 Å². The summed E-state index contributed by atoms with van der Waals surface area (Å²) in [6, 6.07) is 14.2. The van der Waals surface area contributed by atoms with Gasteiger partial charge in [0.05, 0.1) is 0 Å². The lowest BCUT2D eigenvalue weighted by Gasteiger charge is -2.12. The molecule has 2 N–H and O–H groups in total. The molecule has 0 aliphatic heterocycles. The molecule has 0 unspecified atom stereocenters. The van der Waals surface area contributed by atoms with Crippen LogP contribution in [0.25, 0.3) is 0 Å². The van der Waals surface area contributed by atoms with Crippen molar-refractivity contribution in [2.24, 2.45) is 0 Å². The predicted octanol–water partition coefficient (Wildman–Crippen LogP) is 3.96. The smallest absolute Gasteiger partial charge is 0.251 e. The number of nitrogens with zero attached hydrogens (tertiary/aromatic N) is 1. The summed E-state index contributed by atoms with van der Waals surface area (Å²) in [5, 5.41) is 12.5. The number of carbonyl (C=O) groups excluding carboxylic acids is 1. The number of halogens is 1. The molecule has 0 aliphatic carbocycles. The van der Waals surface area contributed by atoms with Crippen LogP contribution in [0.5, 0.6) is 17.4 Å². The second-order valence-electron chi connectivity index (χ2n) is 5.63. The zero-order valence-electron chi connectivity index (χ0n) is 14.1. The summed E-state index contributed by atoms with van der Waals surface area (Å²) < 4.78 is 19.3. The summed E-state index contributed by atoms with van der Waals surface area (Å²) in [4.78, 5) is 16.5. The number of hydrogen-bond acceptors (Lipinski definition) is 4. The van der Waals surface area contributed by atoms with E-state index in [0.29, 0.717) is 16.7 Å². The Morgan fingerprint density at radius 3 is 2.77 bits per heavy atom. The summed E-state index contributed by atoms with van der Waals surface area (Å²) in [6.07, 6.45) is 1.53. The van der Waals surface area contributed by atoms with Crippen LogP contribution < -0.4 is 10.1 Å². The molecule has 0 radical (unpaired) electrons. The number of rotatable bonds is 5. The number of aromatic nitrogens is 1. The molecule has 0 aliphatic rings. The lowest BCUT2D eigenvalue weighted by Crippen LogP contribution is -2.24.